The first-order valence-corrected chi connectivity index (χ1v) is 12.1. The Balaban J connectivity index is 1.49. The summed E-state index contributed by atoms with van der Waals surface area (Å²) in [5.41, 5.74) is 5.12. The molecule has 0 amide bonds. The van der Waals surface area contributed by atoms with Crippen molar-refractivity contribution in [2.75, 3.05) is 5.32 Å². The zero-order chi connectivity index (χ0) is 25.6. The predicted octanol–water partition coefficient (Wildman–Crippen LogP) is 5.97. The van der Waals surface area contributed by atoms with E-state index in [9.17, 15) is 14.4 Å². The van der Waals surface area contributed by atoms with Gasteiger partial charge in [-0.25, -0.2) is 0 Å². The monoisotopic (exact) mass is 480 g/mol. The van der Waals surface area contributed by atoms with Crippen molar-refractivity contribution in [2.45, 2.75) is 33.8 Å². The van der Waals surface area contributed by atoms with Gasteiger partial charge in [0.05, 0.1) is 22.2 Å². The molecule has 36 heavy (non-hydrogen) atoms. The van der Waals surface area contributed by atoms with Crippen LogP contribution in [0.15, 0.2) is 71.5 Å². The number of carbonyl (C=O) groups excluding carboxylic acids is 2. The molecule has 6 heteroatoms. The third-order valence-corrected chi connectivity index (χ3v) is 7.14. The predicted molar refractivity (Wildman–Crippen MR) is 142 cm³/mol. The smallest absolute Gasteiger partial charge is 0.311 e. The zero-order valence-corrected chi connectivity index (χ0v) is 20.8. The number of benzene rings is 3. The summed E-state index contributed by atoms with van der Waals surface area (Å²) in [5, 5.41) is 4.15. The average molecular weight is 481 g/mol. The number of esters is 1. The van der Waals surface area contributed by atoms with Gasteiger partial charge in [-0.3, -0.25) is 14.4 Å². The van der Waals surface area contributed by atoms with E-state index < -0.39 is 5.41 Å². The minimum absolute atomic E-state index is 0.0769. The normalized spacial score (nSPS) is 12.4. The number of fused-ring (bicyclic) bond motifs is 2. The Morgan fingerprint density at radius 1 is 0.944 bits per heavy atom. The fraction of sp³-hybridized carbons (Fsp3) is 0.233. The number of carbonyl (C=O) groups is 2. The van der Waals surface area contributed by atoms with Crippen molar-refractivity contribution in [3.63, 3.8) is 0 Å². The lowest BCUT2D eigenvalue weighted by Crippen LogP contribution is -2.25. The van der Waals surface area contributed by atoms with Gasteiger partial charge in [0.2, 0.25) is 0 Å². The number of nitrogens with one attached hydrogen (secondary N) is 1. The van der Waals surface area contributed by atoms with Crippen LogP contribution in [-0.4, -0.2) is 16.3 Å². The van der Waals surface area contributed by atoms with Crippen LogP contribution in [0.2, 0.25) is 0 Å². The molecule has 1 N–H and O–H groups in total. The Hall–Kier alpha value is -4.19. The highest BCUT2D eigenvalue weighted by atomic mass is 16.5. The molecule has 1 aliphatic carbocycles. The number of nitrogens with zero attached hydrogens (tertiary/aromatic N) is 1. The second kappa shape index (κ2) is 8.79. The molecule has 0 bridgehead atoms. The summed E-state index contributed by atoms with van der Waals surface area (Å²) in [6.45, 7) is 5.92. The lowest BCUT2D eigenvalue weighted by molar-refractivity contribution is -0.155. The van der Waals surface area contributed by atoms with Crippen LogP contribution in [0.4, 0.5) is 11.4 Å². The van der Waals surface area contributed by atoms with Crippen LogP contribution in [0.5, 0.6) is 0 Å². The number of aryl methyl sites for hydroxylation is 1. The minimum atomic E-state index is -0.507. The van der Waals surface area contributed by atoms with Gasteiger partial charge >= 0.3 is 5.97 Å². The number of rotatable bonds is 6. The lowest BCUT2D eigenvalue weighted by Gasteiger charge is -2.23. The first kappa shape index (κ1) is 23.5. The topological polar surface area (TPSA) is 77.4 Å². The van der Waals surface area contributed by atoms with Crippen molar-refractivity contribution in [3.05, 3.63) is 93.8 Å². The molecule has 0 atom stereocenters. The maximum Gasteiger partial charge on any atom is 0.311 e. The van der Waals surface area contributed by atoms with Crippen molar-refractivity contribution < 1.29 is 14.3 Å². The molecular formula is C30H28N2O4. The van der Waals surface area contributed by atoms with E-state index in [0.717, 1.165) is 27.8 Å². The summed E-state index contributed by atoms with van der Waals surface area (Å²) in [7, 11) is 1.72. The van der Waals surface area contributed by atoms with E-state index in [2.05, 4.69) is 5.32 Å². The van der Waals surface area contributed by atoms with E-state index in [-0.39, 0.29) is 23.9 Å². The molecule has 1 heterocycles. The molecular weight excluding hydrogens is 452 g/mol. The van der Waals surface area contributed by atoms with Crippen LogP contribution in [-0.2, 0) is 23.2 Å². The van der Waals surface area contributed by atoms with Crippen LogP contribution < -0.4 is 10.9 Å². The second-order valence-corrected chi connectivity index (χ2v) is 9.85. The van der Waals surface area contributed by atoms with E-state index in [4.69, 9.17) is 4.74 Å². The van der Waals surface area contributed by atoms with Crippen LogP contribution in [0.25, 0.3) is 22.0 Å². The van der Waals surface area contributed by atoms with Gasteiger partial charge in [0.15, 0.2) is 5.78 Å². The number of aromatic nitrogens is 1. The average Bonchev–Trinajstić information content (AvgIpc) is 2.89. The summed E-state index contributed by atoms with van der Waals surface area (Å²) in [5.74, 6) is -0.293. The van der Waals surface area contributed by atoms with Crippen molar-refractivity contribution in [1.29, 1.82) is 0 Å². The van der Waals surface area contributed by atoms with Crippen LogP contribution >= 0.6 is 0 Å². The zero-order valence-electron chi connectivity index (χ0n) is 20.8. The second-order valence-electron chi connectivity index (χ2n) is 9.85. The maximum atomic E-state index is 13.6. The molecule has 182 valence electrons. The summed E-state index contributed by atoms with van der Waals surface area (Å²) < 4.78 is 7.06. The van der Waals surface area contributed by atoms with Gasteiger partial charge in [0.1, 0.15) is 6.61 Å². The molecule has 0 radical (unpaired) electrons. The fourth-order valence-corrected chi connectivity index (χ4v) is 4.49. The highest BCUT2D eigenvalue weighted by Gasteiger charge is 2.29. The van der Waals surface area contributed by atoms with Crippen molar-refractivity contribution >= 4 is 34.0 Å². The van der Waals surface area contributed by atoms with Gasteiger partial charge in [0, 0.05) is 29.8 Å². The molecule has 6 nitrogen and oxygen atoms in total. The maximum absolute atomic E-state index is 13.6. The highest BCUT2D eigenvalue weighted by molar-refractivity contribution is 6.28. The Bertz CT molecular complexity index is 1580. The highest BCUT2D eigenvalue weighted by Crippen LogP contribution is 2.41. The molecule has 0 saturated heterocycles. The van der Waals surface area contributed by atoms with Gasteiger partial charge in [0.25, 0.3) is 5.56 Å². The number of pyridine rings is 1. The molecule has 0 fully saturated rings. The SMILES string of the molecule is CCC(C)(C)C(=O)OCc1ccc(Nc2ccc3c4c(cc(=O)n3C)-c3ccccc3C(=O)c24)cc1. The summed E-state index contributed by atoms with van der Waals surface area (Å²) in [6.07, 6.45) is 0.710. The van der Waals surface area contributed by atoms with E-state index in [1.807, 2.05) is 75.4 Å². The van der Waals surface area contributed by atoms with Crippen molar-refractivity contribution in [1.82, 2.24) is 4.57 Å². The molecule has 5 rings (SSSR count). The molecule has 4 aromatic rings. The molecule has 1 aromatic heterocycles. The summed E-state index contributed by atoms with van der Waals surface area (Å²) >= 11 is 0. The van der Waals surface area contributed by atoms with Gasteiger partial charge in [-0.2, -0.15) is 0 Å². The summed E-state index contributed by atoms with van der Waals surface area (Å²) in [4.78, 5) is 38.5. The number of hydrogen-bond donors (Lipinski definition) is 1. The van der Waals surface area contributed by atoms with Crippen LogP contribution in [0, 0.1) is 5.41 Å². The third-order valence-electron chi connectivity index (χ3n) is 7.14. The van der Waals surface area contributed by atoms with Crippen LogP contribution in [0.3, 0.4) is 0 Å². The van der Waals surface area contributed by atoms with Crippen molar-refractivity contribution in [3.8, 4) is 11.1 Å². The van der Waals surface area contributed by atoms with Gasteiger partial charge in [-0.05, 0) is 61.2 Å². The minimum Gasteiger partial charge on any atom is -0.460 e. The van der Waals surface area contributed by atoms with Gasteiger partial charge in [-0.15, -0.1) is 0 Å². The summed E-state index contributed by atoms with van der Waals surface area (Å²) in [6, 6.07) is 20.3. The quantitative estimate of drug-likeness (QED) is 0.303. The number of hydrogen-bond acceptors (Lipinski definition) is 5. The number of anilines is 2. The number of ketones is 1. The van der Waals surface area contributed by atoms with E-state index >= 15 is 0 Å². The first-order valence-electron chi connectivity index (χ1n) is 12.1. The van der Waals surface area contributed by atoms with Gasteiger partial charge in [-0.1, -0.05) is 43.3 Å². The van der Waals surface area contributed by atoms with E-state index in [0.29, 0.717) is 28.8 Å². The lowest BCUT2D eigenvalue weighted by atomic mass is 9.83. The van der Waals surface area contributed by atoms with E-state index in [1.54, 1.807) is 23.7 Å². The number of ether oxygens (including phenoxy) is 1. The molecule has 1 aliphatic rings. The Labute approximate surface area is 209 Å². The molecule has 0 spiro atoms. The first-order chi connectivity index (χ1) is 17.2. The Morgan fingerprint density at radius 3 is 2.33 bits per heavy atom. The van der Waals surface area contributed by atoms with Crippen molar-refractivity contribution in [2.24, 2.45) is 12.5 Å². The molecule has 0 unspecified atom stereocenters. The Morgan fingerprint density at radius 2 is 1.64 bits per heavy atom. The third kappa shape index (κ3) is 3.88. The van der Waals surface area contributed by atoms with Gasteiger partial charge < -0.3 is 14.6 Å². The molecule has 0 aliphatic heterocycles. The molecule has 3 aromatic carbocycles. The standard InChI is InChI=1S/C30H28N2O4/c1-5-30(2,3)29(35)36-17-18-10-12-19(13-11-18)31-23-14-15-24-26-22(16-25(33)32(24)4)20-8-6-7-9-21(20)28(34)27(23)26/h6-16,31H,5,17H2,1-4H3. The fourth-order valence-electron chi connectivity index (χ4n) is 4.49. The largest absolute Gasteiger partial charge is 0.460 e. The van der Waals surface area contributed by atoms with E-state index in [1.165, 1.54) is 0 Å². The Kier molecular flexibility index (Phi) is 5.75. The molecule has 0 saturated carbocycles. The van der Waals surface area contributed by atoms with Crippen LogP contribution in [0.1, 0.15) is 48.7 Å².